The number of nitrogens with zero attached hydrogens (tertiary/aromatic N) is 4. The Kier molecular flexibility index (Phi) is 5.23. The first-order valence-corrected chi connectivity index (χ1v) is 9.41. The molecule has 1 amide bonds. The van der Waals surface area contributed by atoms with Crippen LogP contribution in [0.15, 0.2) is 57.7 Å². The van der Waals surface area contributed by atoms with Gasteiger partial charge < -0.3 is 18.7 Å². The van der Waals surface area contributed by atoms with Crippen molar-refractivity contribution in [1.29, 1.82) is 0 Å². The van der Waals surface area contributed by atoms with Gasteiger partial charge in [-0.15, -0.1) is 0 Å². The van der Waals surface area contributed by atoms with E-state index in [0.29, 0.717) is 30.6 Å². The minimum atomic E-state index is 0.00947. The van der Waals surface area contributed by atoms with E-state index in [1.165, 1.54) is 0 Å². The van der Waals surface area contributed by atoms with Crippen LogP contribution in [0.1, 0.15) is 18.6 Å². The lowest BCUT2D eigenvalue weighted by atomic mass is 10.1. The van der Waals surface area contributed by atoms with E-state index in [2.05, 4.69) is 27.2 Å². The van der Waals surface area contributed by atoms with Crippen LogP contribution in [0.5, 0.6) is 0 Å². The number of carbonyl (C=O) groups is 1. The van der Waals surface area contributed by atoms with Gasteiger partial charge >= 0.3 is 0 Å². The molecular formula is C21H22N4O3. The maximum Gasteiger partial charge on any atom is 0.246 e. The molecule has 1 saturated heterocycles. The molecule has 3 aromatic rings. The van der Waals surface area contributed by atoms with Crippen LogP contribution in [0, 0.1) is 0 Å². The van der Waals surface area contributed by atoms with Crippen molar-refractivity contribution in [3.8, 4) is 11.4 Å². The van der Waals surface area contributed by atoms with E-state index in [4.69, 9.17) is 8.94 Å². The molecule has 7 nitrogen and oxygen atoms in total. The summed E-state index contributed by atoms with van der Waals surface area (Å²) in [5.41, 5.74) is 2.06. The van der Waals surface area contributed by atoms with E-state index >= 15 is 0 Å². The van der Waals surface area contributed by atoms with Gasteiger partial charge in [0.25, 0.3) is 0 Å². The van der Waals surface area contributed by atoms with Crippen LogP contribution in [0.4, 0.5) is 5.69 Å². The minimum Gasteiger partial charge on any atom is -0.465 e. The van der Waals surface area contributed by atoms with Crippen molar-refractivity contribution >= 4 is 17.7 Å². The highest BCUT2D eigenvalue weighted by atomic mass is 16.5. The zero-order valence-electron chi connectivity index (χ0n) is 15.7. The molecular weight excluding hydrogens is 356 g/mol. The Morgan fingerprint density at radius 3 is 2.57 bits per heavy atom. The Bertz CT molecular complexity index is 936. The molecule has 1 aromatic carbocycles. The van der Waals surface area contributed by atoms with Gasteiger partial charge in [0.2, 0.25) is 17.6 Å². The van der Waals surface area contributed by atoms with Crippen LogP contribution in [-0.2, 0) is 11.2 Å². The molecule has 7 heteroatoms. The predicted octanol–water partition coefficient (Wildman–Crippen LogP) is 3.25. The number of rotatable bonds is 5. The molecule has 28 heavy (non-hydrogen) atoms. The Morgan fingerprint density at radius 2 is 1.93 bits per heavy atom. The summed E-state index contributed by atoms with van der Waals surface area (Å²) in [6, 6.07) is 11.8. The molecule has 2 aromatic heterocycles. The van der Waals surface area contributed by atoms with Gasteiger partial charge in [0.05, 0.1) is 6.26 Å². The summed E-state index contributed by atoms with van der Waals surface area (Å²) in [5.74, 6) is 1.94. The van der Waals surface area contributed by atoms with E-state index in [0.717, 1.165) is 30.8 Å². The largest absolute Gasteiger partial charge is 0.465 e. The fourth-order valence-corrected chi connectivity index (χ4v) is 3.17. The van der Waals surface area contributed by atoms with Gasteiger partial charge in [0.1, 0.15) is 5.76 Å². The van der Waals surface area contributed by atoms with Gasteiger partial charge in [-0.2, -0.15) is 4.98 Å². The highest BCUT2D eigenvalue weighted by Gasteiger charge is 2.20. The van der Waals surface area contributed by atoms with Crippen molar-refractivity contribution in [3.05, 3.63) is 60.4 Å². The average Bonchev–Trinajstić information content (AvgIpc) is 3.44. The first-order valence-electron chi connectivity index (χ1n) is 9.41. The minimum absolute atomic E-state index is 0.00947. The monoisotopic (exact) mass is 378 g/mol. The van der Waals surface area contributed by atoms with Crippen molar-refractivity contribution in [2.24, 2.45) is 0 Å². The first kappa shape index (κ1) is 18.0. The zero-order valence-corrected chi connectivity index (χ0v) is 15.7. The molecule has 1 fully saturated rings. The molecule has 0 aliphatic carbocycles. The number of carbonyl (C=O) groups excluding carboxylic acids is 1. The molecule has 144 valence electrons. The SMILES string of the molecule is CCc1nc(-c2ccc(N3CCN(C(=O)/C=C/c4ccco4)CC3)cc2)no1. The summed E-state index contributed by atoms with van der Waals surface area (Å²) >= 11 is 0. The maximum atomic E-state index is 12.3. The molecule has 0 spiro atoms. The van der Waals surface area contributed by atoms with Gasteiger partial charge in [-0.1, -0.05) is 12.1 Å². The van der Waals surface area contributed by atoms with Gasteiger partial charge in [-0.3, -0.25) is 4.79 Å². The smallest absolute Gasteiger partial charge is 0.246 e. The fraction of sp³-hybridized carbons (Fsp3) is 0.286. The van der Waals surface area contributed by atoms with Crippen LogP contribution in [-0.4, -0.2) is 47.1 Å². The van der Waals surface area contributed by atoms with E-state index in [1.807, 2.05) is 30.0 Å². The van der Waals surface area contributed by atoms with E-state index in [9.17, 15) is 4.79 Å². The van der Waals surface area contributed by atoms with E-state index in [-0.39, 0.29) is 5.91 Å². The van der Waals surface area contributed by atoms with E-state index in [1.54, 1.807) is 24.5 Å². The Labute approximate surface area is 163 Å². The van der Waals surface area contributed by atoms with Crippen molar-refractivity contribution in [1.82, 2.24) is 15.0 Å². The van der Waals surface area contributed by atoms with E-state index < -0.39 is 0 Å². The number of aromatic nitrogens is 2. The van der Waals surface area contributed by atoms with Gasteiger partial charge in [-0.25, -0.2) is 0 Å². The lowest BCUT2D eigenvalue weighted by Crippen LogP contribution is -2.48. The van der Waals surface area contributed by atoms with Gasteiger partial charge in [0, 0.05) is 49.9 Å². The average molecular weight is 378 g/mol. The van der Waals surface area contributed by atoms with Crippen molar-refractivity contribution in [3.63, 3.8) is 0 Å². The van der Waals surface area contributed by atoms with Crippen LogP contribution < -0.4 is 4.90 Å². The van der Waals surface area contributed by atoms with Crippen molar-refractivity contribution in [2.75, 3.05) is 31.1 Å². The summed E-state index contributed by atoms with van der Waals surface area (Å²) in [7, 11) is 0. The second-order valence-corrected chi connectivity index (χ2v) is 6.57. The summed E-state index contributed by atoms with van der Waals surface area (Å²) < 4.78 is 10.4. The van der Waals surface area contributed by atoms with Crippen LogP contribution in [0.3, 0.4) is 0 Å². The molecule has 0 bridgehead atoms. The standard InChI is InChI=1S/C21H22N4O3/c1-2-19-22-21(23-28-19)16-5-7-17(8-6-16)24-11-13-25(14-12-24)20(26)10-9-18-4-3-15-27-18/h3-10,15H,2,11-14H2,1H3/b10-9+. The number of piperazine rings is 1. The third-order valence-corrected chi connectivity index (χ3v) is 4.79. The number of furan rings is 1. The third-order valence-electron chi connectivity index (χ3n) is 4.79. The van der Waals surface area contributed by atoms with Crippen LogP contribution >= 0.6 is 0 Å². The number of amides is 1. The Hall–Kier alpha value is -3.35. The molecule has 1 aliphatic rings. The van der Waals surface area contributed by atoms with Crippen molar-refractivity contribution < 1.29 is 13.7 Å². The highest BCUT2D eigenvalue weighted by Crippen LogP contribution is 2.22. The molecule has 0 unspecified atom stereocenters. The zero-order chi connectivity index (χ0) is 19.3. The molecule has 1 aliphatic heterocycles. The van der Waals surface area contributed by atoms with Crippen LogP contribution in [0.25, 0.3) is 17.5 Å². The number of hydrogen-bond acceptors (Lipinski definition) is 6. The number of aryl methyl sites for hydroxylation is 1. The Morgan fingerprint density at radius 1 is 1.14 bits per heavy atom. The highest BCUT2D eigenvalue weighted by molar-refractivity contribution is 5.91. The predicted molar refractivity (Wildman–Crippen MR) is 106 cm³/mol. The molecule has 3 heterocycles. The van der Waals surface area contributed by atoms with Gasteiger partial charge in [-0.05, 0) is 42.5 Å². The maximum absolute atomic E-state index is 12.3. The number of anilines is 1. The second-order valence-electron chi connectivity index (χ2n) is 6.57. The number of benzene rings is 1. The lowest BCUT2D eigenvalue weighted by Gasteiger charge is -2.35. The fourth-order valence-electron chi connectivity index (χ4n) is 3.17. The lowest BCUT2D eigenvalue weighted by molar-refractivity contribution is -0.126. The number of hydrogen-bond donors (Lipinski definition) is 0. The molecule has 4 rings (SSSR count). The summed E-state index contributed by atoms with van der Waals surface area (Å²) in [5, 5.41) is 4.01. The molecule has 0 radical (unpaired) electrons. The molecule has 0 saturated carbocycles. The van der Waals surface area contributed by atoms with Crippen LogP contribution in [0.2, 0.25) is 0 Å². The second kappa shape index (κ2) is 8.12. The Balaban J connectivity index is 1.34. The quantitative estimate of drug-likeness (QED) is 0.635. The molecule has 0 atom stereocenters. The van der Waals surface area contributed by atoms with Gasteiger partial charge in [0.15, 0.2) is 0 Å². The molecule has 0 N–H and O–H groups in total. The summed E-state index contributed by atoms with van der Waals surface area (Å²) in [4.78, 5) is 20.8. The summed E-state index contributed by atoms with van der Waals surface area (Å²) in [6.07, 6.45) is 5.59. The third kappa shape index (κ3) is 3.98. The summed E-state index contributed by atoms with van der Waals surface area (Å²) in [6.45, 7) is 4.95. The van der Waals surface area contributed by atoms with Crippen molar-refractivity contribution in [2.45, 2.75) is 13.3 Å². The topological polar surface area (TPSA) is 75.6 Å². The normalized spacial score (nSPS) is 14.8. The first-order chi connectivity index (χ1) is 13.7.